The van der Waals surface area contributed by atoms with Gasteiger partial charge in [-0.25, -0.2) is 0 Å². The van der Waals surface area contributed by atoms with Crippen molar-refractivity contribution in [2.24, 2.45) is 11.8 Å². The lowest BCUT2D eigenvalue weighted by molar-refractivity contribution is 0.394. The number of ether oxygens (including phenoxy) is 4. The minimum atomic E-state index is -0.0819. The summed E-state index contributed by atoms with van der Waals surface area (Å²) in [6.45, 7) is 8.61. The summed E-state index contributed by atoms with van der Waals surface area (Å²) in [6.07, 6.45) is 0. The first-order valence-corrected chi connectivity index (χ1v) is 24.8. The van der Waals surface area contributed by atoms with Gasteiger partial charge in [-0.2, -0.15) is 47.0 Å². The van der Waals surface area contributed by atoms with Gasteiger partial charge in [0.2, 0.25) is 0 Å². The number of epoxide rings is 4. The Hall–Kier alpha value is 4.04. The highest BCUT2D eigenvalue weighted by Crippen LogP contribution is 2.50. The van der Waals surface area contributed by atoms with Crippen LogP contribution >= 0.6 is 145 Å². The molecule has 4 aliphatic heterocycles. The lowest BCUT2D eigenvalue weighted by Gasteiger charge is -2.27. The van der Waals surface area contributed by atoms with E-state index in [1.165, 1.54) is 23.0 Å². The van der Waals surface area contributed by atoms with Crippen molar-refractivity contribution >= 4 is 145 Å². The Bertz CT molecular complexity index is 721. The lowest BCUT2D eigenvalue weighted by Crippen LogP contribution is -2.25. The quantitative estimate of drug-likeness (QED) is 0.0410. The fourth-order valence-corrected chi connectivity index (χ4v) is 15.8. The highest BCUT2D eigenvalue weighted by molar-refractivity contribution is 8.06. The van der Waals surface area contributed by atoms with Crippen LogP contribution in [0.4, 0.5) is 0 Å². The summed E-state index contributed by atoms with van der Waals surface area (Å²) in [7, 11) is 0. The second kappa shape index (κ2) is 17.8. The lowest BCUT2D eigenvalue weighted by atomic mass is 10.00. The maximum atomic E-state index is 5.64. The third kappa shape index (κ3) is 12.7. The maximum Gasteiger partial charge on any atom is 0.147 e. The van der Waals surface area contributed by atoms with Crippen molar-refractivity contribution in [3.05, 3.63) is 0 Å². The maximum absolute atomic E-state index is 5.64. The minimum Gasteiger partial charge on any atom is -0.343 e. The molecule has 0 aromatic heterocycles. The zero-order valence-electron chi connectivity index (χ0n) is 24.6. The standard InChI is InChI=1S/C26H46O4S12/c1-23(19(31)27-23)39-9-5-35-13-17(14-36-6-10-40-24(2)20(32)28-24)18(15-37-7-11-41-25(3)21(33)29-25)16-38-8-12-42-26(4)22(34)30-26/h17-22,31-34H,5-16H2,1-4H3. The minimum absolute atomic E-state index is 0.0819. The molecule has 0 spiro atoms. The molecule has 0 saturated carbocycles. The molecule has 4 saturated heterocycles. The molecule has 8 atom stereocenters. The molecule has 0 radical (unpaired) electrons. The van der Waals surface area contributed by atoms with Crippen LogP contribution in [0.15, 0.2) is 0 Å². The summed E-state index contributed by atoms with van der Waals surface area (Å²) < 4.78 is 22.5. The van der Waals surface area contributed by atoms with E-state index in [1.54, 1.807) is 0 Å². The molecule has 0 aromatic carbocycles. The van der Waals surface area contributed by atoms with Gasteiger partial charge in [0, 0.05) is 46.0 Å². The molecular formula is C26H46O4S12. The highest BCUT2D eigenvalue weighted by atomic mass is 32.2. The van der Waals surface area contributed by atoms with Gasteiger partial charge in [0.25, 0.3) is 0 Å². The molecule has 8 unspecified atom stereocenters. The van der Waals surface area contributed by atoms with E-state index >= 15 is 0 Å². The number of hydrogen-bond acceptors (Lipinski definition) is 16. The van der Waals surface area contributed by atoms with Gasteiger partial charge in [-0.05, 0) is 62.5 Å². The van der Waals surface area contributed by atoms with E-state index in [2.05, 4.69) is 125 Å². The molecule has 4 aliphatic rings. The normalized spacial score (nSPS) is 39.7. The van der Waals surface area contributed by atoms with Crippen LogP contribution in [0.5, 0.6) is 0 Å². The van der Waals surface area contributed by atoms with E-state index in [9.17, 15) is 0 Å². The Morgan fingerprint density at radius 1 is 0.429 bits per heavy atom. The summed E-state index contributed by atoms with van der Waals surface area (Å²) in [5.74, 6) is 15.4. The SMILES string of the molecule is CC1(SCCSCC(CSCCSC2(C)OC2S)C(CSCCSC2(C)OC2S)CSCCSC2(C)OC2S)OC1S. The monoisotopic (exact) mass is 806 g/mol. The number of rotatable bonds is 25. The van der Waals surface area contributed by atoms with E-state index in [0.717, 1.165) is 46.0 Å². The Balaban J connectivity index is 1.23. The molecule has 4 nitrogen and oxygen atoms in total. The Labute approximate surface area is 310 Å². The predicted molar refractivity (Wildman–Crippen MR) is 215 cm³/mol. The van der Waals surface area contributed by atoms with E-state index in [1.807, 2.05) is 47.0 Å². The smallest absolute Gasteiger partial charge is 0.147 e. The first-order valence-electron chi connectivity index (χ1n) is 14.2. The summed E-state index contributed by atoms with van der Waals surface area (Å²) in [4.78, 5) is -0.327. The molecule has 4 heterocycles. The van der Waals surface area contributed by atoms with Gasteiger partial charge in [-0.15, -0.1) is 97.6 Å². The summed E-state index contributed by atoms with van der Waals surface area (Å²) in [5, 5.41) is 0. The average Bonchev–Trinajstić information content (AvgIpc) is 3.90. The van der Waals surface area contributed by atoms with Crippen LogP contribution in [-0.4, -0.2) is 111 Å². The predicted octanol–water partition coefficient (Wildman–Crippen LogP) is 8.09. The van der Waals surface area contributed by atoms with Gasteiger partial charge >= 0.3 is 0 Å². The molecule has 16 heteroatoms. The molecule has 0 aromatic rings. The van der Waals surface area contributed by atoms with E-state index in [0.29, 0.717) is 11.8 Å². The first-order chi connectivity index (χ1) is 19.9. The second-order valence-corrected chi connectivity index (χ2v) is 23.7. The molecule has 0 amide bonds. The third-order valence-electron chi connectivity index (χ3n) is 7.41. The molecule has 0 N–H and O–H groups in total. The van der Waals surface area contributed by atoms with Crippen LogP contribution in [0.1, 0.15) is 27.7 Å². The van der Waals surface area contributed by atoms with Crippen LogP contribution in [-0.2, 0) is 18.9 Å². The van der Waals surface area contributed by atoms with Gasteiger partial charge in [-0.1, -0.05) is 0 Å². The molecule has 246 valence electrons. The van der Waals surface area contributed by atoms with E-state index in [-0.39, 0.29) is 41.5 Å². The molecule has 4 rings (SSSR count). The van der Waals surface area contributed by atoms with Gasteiger partial charge in [0.1, 0.15) is 41.5 Å². The Morgan fingerprint density at radius 2 is 0.619 bits per heavy atom. The first kappa shape index (κ1) is 38.8. The summed E-state index contributed by atoms with van der Waals surface area (Å²) >= 11 is 34.0. The van der Waals surface area contributed by atoms with Gasteiger partial charge in [-0.3, -0.25) is 0 Å². The Morgan fingerprint density at radius 3 is 0.786 bits per heavy atom. The van der Waals surface area contributed by atoms with Crippen LogP contribution in [0.2, 0.25) is 0 Å². The molecule has 4 fully saturated rings. The zero-order valence-corrected chi connectivity index (χ0v) is 34.7. The molecular weight excluding hydrogens is 761 g/mol. The van der Waals surface area contributed by atoms with E-state index in [4.69, 9.17) is 18.9 Å². The van der Waals surface area contributed by atoms with Crippen molar-refractivity contribution in [3.63, 3.8) is 0 Å². The molecule has 42 heavy (non-hydrogen) atoms. The average molecular weight is 807 g/mol. The van der Waals surface area contributed by atoms with Crippen LogP contribution < -0.4 is 0 Å². The van der Waals surface area contributed by atoms with Gasteiger partial charge < -0.3 is 18.9 Å². The van der Waals surface area contributed by atoms with Crippen LogP contribution in [0.3, 0.4) is 0 Å². The van der Waals surface area contributed by atoms with Gasteiger partial charge in [0.05, 0.1) is 0 Å². The second-order valence-electron chi connectivity index (χ2n) is 11.2. The van der Waals surface area contributed by atoms with Crippen molar-refractivity contribution in [3.8, 4) is 0 Å². The van der Waals surface area contributed by atoms with Crippen molar-refractivity contribution in [2.45, 2.75) is 69.2 Å². The summed E-state index contributed by atoms with van der Waals surface area (Å²) in [6, 6.07) is 0. The molecule has 0 bridgehead atoms. The van der Waals surface area contributed by atoms with Crippen molar-refractivity contribution in [1.29, 1.82) is 0 Å². The van der Waals surface area contributed by atoms with Crippen LogP contribution in [0.25, 0.3) is 0 Å². The van der Waals surface area contributed by atoms with Crippen molar-refractivity contribution < 1.29 is 18.9 Å². The van der Waals surface area contributed by atoms with Crippen molar-refractivity contribution in [1.82, 2.24) is 0 Å². The third-order valence-corrected chi connectivity index (χ3v) is 21.3. The number of thioether (sulfide) groups is 8. The fourth-order valence-electron chi connectivity index (χ4n) is 3.96. The highest BCUT2D eigenvalue weighted by Gasteiger charge is 2.52. The van der Waals surface area contributed by atoms with E-state index < -0.39 is 0 Å². The zero-order chi connectivity index (χ0) is 30.4. The van der Waals surface area contributed by atoms with Crippen LogP contribution in [0, 0.1) is 11.8 Å². The Kier molecular flexibility index (Phi) is 16.5. The van der Waals surface area contributed by atoms with Crippen molar-refractivity contribution in [2.75, 3.05) is 69.0 Å². The summed E-state index contributed by atoms with van der Waals surface area (Å²) in [5.41, 5.74) is 0.355. The number of thiol groups is 4. The topological polar surface area (TPSA) is 50.1 Å². The largest absolute Gasteiger partial charge is 0.343 e. The number of hydrogen-bond donors (Lipinski definition) is 4. The molecule has 0 aliphatic carbocycles. The van der Waals surface area contributed by atoms with Gasteiger partial charge in [0.15, 0.2) is 0 Å². The fraction of sp³-hybridized carbons (Fsp3) is 1.00.